The number of rotatable bonds is 2. The van der Waals surface area contributed by atoms with Crippen LogP contribution in [-0.4, -0.2) is 25.0 Å². The molecule has 0 unspecified atom stereocenters. The molecule has 0 aliphatic carbocycles. The van der Waals surface area contributed by atoms with Crippen molar-refractivity contribution in [3.8, 4) is 0 Å². The number of amides is 1. The van der Waals surface area contributed by atoms with E-state index in [0.29, 0.717) is 5.56 Å². The molecule has 1 aromatic rings. The first kappa shape index (κ1) is 10.2. The van der Waals surface area contributed by atoms with Crippen molar-refractivity contribution in [1.29, 1.82) is 0 Å². The van der Waals surface area contributed by atoms with Gasteiger partial charge in [0, 0.05) is 12.6 Å². The number of piperidine rings is 1. The SMILES string of the molecule is Cc1cc(C(=O)N[C@H]2CCCNC2)co1. The van der Waals surface area contributed by atoms with Gasteiger partial charge in [0.25, 0.3) is 5.91 Å². The Kier molecular flexibility index (Phi) is 3.06. The van der Waals surface area contributed by atoms with Crippen LogP contribution in [0.4, 0.5) is 0 Å². The molecular weight excluding hydrogens is 192 g/mol. The molecule has 82 valence electrons. The van der Waals surface area contributed by atoms with Crippen molar-refractivity contribution < 1.29 is 9.21 Å². The van der Waals surface area contributed by atoms with E-state index < -0.39 is 0 Å². The maximum atomic E-state index is 11.7. The highest BCUT2D eigenvalue weighted by atomic mass is 16.3. The van der Waals surface area contributed by atoms with Crippen molar-refractivity contribution in [2.45, 2.75) is 25.8 Å². The largest absolute Gasteiger partial charge is 0.469 e. The monoisotopic (exact) mass is 208 g/mol. The second-order valence-corrected chi connectivity index (χ2v) is 3.96. The standard InChI is InChI=1S/C11H16N2O2/c1-8-5-9(7-15-8)11(14)13-10-3-2-4-12-6-10/h5,7,10,12H,2-4,6H2,1H3,(H,13,14)/t10-/m0/s1. The van der Waals surface area contributed by atoms with E-state index in [1.807, 2.05) is 6.92 Å². The number of carbonyl (C=O) groups is 1. The van der Waals surface area contributed by atoms with Gasteiger partial charge < -0.3 is 15.1 Å². The van der Waals surface area contributed by atoms with Crippen molar-refractivity contribution in [3.05, 3.63) is 23.7 Å². The number of hydrogen-bond donors (Lipinski definition) is 2. The van der Waals surface area contributed by atoms with Crippen molar-refractivity contribution >= 4 is 5.91 Å². The minimum Gasteiger partial charge on any atom is -0.469 e. The van der Waals surface area contributed by atoms with Gasteiger partial charge in [0.2, 0.25) is 0 Å². The van der Waals surface area contributed by atoms with E-state index in [9.17, 15) is 4.79 Å². The van der Waals surface area contributed by atoms with Gasteiger partial charge in [-0.3, -0.25) is 4.79 Å². The van der Waals surface area contributed by atoms with E-state index in [0.717, 1.165) is 31.7 Å². The van der Waals surface area contributed by atoms with Crippen LogP contribution in [0.1, 0.15) is 29.0 Å². The topological polar surface area (TPSA) is 54.3 Å². The third-order valence-corrected chi connectivity index (χ3v) is 2.62. The summed E-state index contributed by atoms with van der Waals surface area (Å²) in [6.45, 7) is 3.75. The predicted molar refractivity (Wildman–Crippen MR) is 56.8 cm³/mol. The van der Waals surface area contributed by atoms with E-state index in [2.05, 4.69) is 10.6 Å². The van der Waals surface area contributed by atoms with Crippen LogP contribution in [0, 0.1) is 6.92 Å². The summed E-state index contributed by atoms with van der Waals surface area (Å²) >= 11 is 0. The van der Waals surface area contributed by atoms with Gasteiger partial charge in [-0.05, 0) is 32.4 Å². The number of hydrogen-bond acceptors (Lipinski definition) is 3. The maximum absolute atomic E-state index is 11.7. The summed E-state index contributed by atoms with van der Waals surface area (Å²) < 4.78 is 5.10. The average Bonchev–Trinajstić information content (AvgIpc) is 2.66. The van der Waals surface area contributed by atoms with Crippen molar-refractivity contribution in [1.82, 2.24) is 10.6 Å². The van der Waals surface area contributed by atoms with Crippen molar-refractivity contribution in [3.63, 3.8) is 0 Å². The molecule has 1 fully saturated rings. The van der Waals surface area contributed by atoms with Gasteiger partial charge in [-0.15, -0.1) is 0 Å². The van der Waals surface area contributed by atoms with Crippen LogP contribution in [0.3, 0.4) is 0 Å². The molecule has 2 rings (SSSR count). The molecular formula is C11H16N2O2. The minimum atomic E-state index is -0.0412. The summed E-state index contributed by atoms with van der Waals surface area (Å²) in [6, 6.07) is 2.01. The van der Waals surface area contributed by atoms with E-state index in [-0.39, 0.29) is 11.9 Å². The molecule has 0 bridgehead atoms. The normalized spacial score (nSPS) is 21.3. The van der Waals surface area contributed by atoms with Crippen LogP contribution in [0.5, 0.6) is 0 Å². The Hall–Kier alpha value is -1.29. The summed E-state index contributed by atoms with van der Waals surface area (Å²) in [4.78, 5) is 11.7. The summed E-state index contributed by atoms with van der Waals surface area (Å²) in [5.74, 6) is 0.725. The molecule has 0 radical (unpaired) electrons. The Labute approximate surface area is 89.0 Å². The summed E-state index contributed by atoms with van der Waals surface area (Å²) in [6.07, 6.45) is 3.67. The highest BCUT2D eigenvalue weighted by molar-refractivity contribution is 5.94. The summed E-state index contributed by atoms with van der Waals surface area (Å²) in [7, 11) is 0. The molecule has 1 atom stereocenters. The molecule has 1 aromatic heterocycles. The molecule has 0 aromatic carbocycles. The van der Waals surface area contributed by atoms with Crippen molar-refractivity contribution in [2.75, 3.05) is 13.1 Å². The molecule has 1 aliphatic heterocycles. The Bertz CT molecular complexity index is 340. The minimum absolute atomic E-state index is 0.0412. The zero-order valence-electron chi connectivity index (χ0n) is 8.88. The highest BCUT2D eigenvalue weighted by Gasteiger charge is 2.17. The Morgan fingerprint density at radius 2 is 2.53 bits per heavy atom. The second kappa shape index (κ2) is 4.49. The maximum Gasteiger partial charge on any atom is 0.254 e. The average molecular weight is 208 g/mol. The Balaban J connectivity index is 1.91. The lowest BCUT2D eigenvalue weighted by molar-refractivity contribution is 0.0930. The third-order valence-electron chi connectivity index (χ3n) is 2.62. The van der Waals surface area contributed by atoms with Gasteiger partial charge in [-0.2, -0.15) is 0 Å². The highest BCUT2D eigenvalue weighted by Crippen LogP contribution is 2.08. The van der Waals surface area contributed by atoms with Crippen LogP contribution in [0.2, 0.25) is 0 Å². The molecule has 1 saturated heterocycles. The number of carbonyl (C=O) groups excluding carboxylic acids is 1. The third kappa shape index (κ3) is 2.59. The van der Waals surface area contributed by atoms with Crippen LogP contribution in [0.15, 0.2) is 16.7 Å². The lowest BCUT2D eigenvalue weighted by atomic mass is 10.1. The smallest absolute Gasteiger partial charge is 0.254 e. The molecule has 1 amide bonds. The Morgan fingerprint density at radius 3 is 3.13 bits per heavy atom. The molecule has 0 spiro atoms. The lowest BCUT2D eigenvalue weighted by Crippen LogP contribution is -2.45. The van der Waals surface area contributed by atoms with E-state index in [1.54, 1.807) is 6.07 Å². The van der Waals surface area contributed by atoms with E-state index >= 15 is 0 Å². The zero-order chi connectivity index (χ0) is 10.7. The second-order valence-electron chi connectivity index (χ2n) is 3.96. The van der Waals surface area contributed by atoms with Gasteiger partial charge in [0.1, 0.15) is 12.0 Å². The van der Waals surface area contributed by atoms with Gasteiger partial charge in [-0.25, -0.2) is 0 Å². The van der Waals surface area contributed by atoms with Crippen molar-refractivity contribution in [2.24, 2.45) is 0 Å². The molecule has 4 heteroatoms. The first-order chi connectivity index (χ1) is 7.25. The van der Waals surface area contributed by atoms with Gasteiger partial charge in [0.15, 0.2) is 0 Å². The van der Waals surface area contributed by atoms with Crippen LogP contribution in [-0.2, 0) is 0 Å². The van der Waals surface area contributed by atoms with Crippen LogP contribution in [0.25, 0.3) is 0 Å². The number of furan rings is 1. The van der Waals surface area contributed by atoms with E-state index in [4.69, 9.17) is 4.42 Å². The van der Waals surface area contributed by atoms with Crippen LogP contribution < -0.4 is 10.6 Å². The van der Waals surface area contributed by atoms with Gasteiger partial charge in [-0.1, -0.05) is 0 Å². The van der Waals surface area contributed by atoms with Gasteiger partial charge in [0.05, 0.1) is 5.56 Å². The Morgan fingerprint density at radius 1 is 1.67 bits per heavy atom. The molecule has 0 saturated carbocycles. The first-order valence-electron chi connectivity index (χ1n) is 5.32. The zero-order valence-corrected chi connectivity index (χ0v) is 8.88. The first-order valence-corrected chi connectivity index (χ1v) is 5.32. The molecule has 2 N–H and O–H groups in total. The van der Waals surface area contributed by atoms with Crippen LogP contribution >= 0.6 is 0 Å². The fraction of sp³-hybridized carbons (Fsp3) is 0.545. The predicted octanol–water partition coefficient (Wildman–Crippen LogP) is 1.07. The number of nitrogens with one attached hydrogen (secondary N) is 2. The lowest BCUT2D eigenvalue weighted by Gasteiger charge is -2.23. The van der Waals surface area contributed by atoms with Gasteiger partial charge >= 0.3 is 0 Å². The summed E-state index contributed by atoms with van der Waals surface area (Å²) in [5.41, 5.74) is 0.609. The molecule has 15 heavy (non-hydrogen) atoms. The fourth-order valence-corrected chi connectivity index (χ4v) is 1.81. The number of aryl methyl sites for hydroxylation is 1. The summed E-state index contributed by atoms with van der Waals surface area (Å²) in [5, 5.41) is 6.25. The fourth-order valence-electron chi connectivity index (χ4n) is 1.81. The molecule has 1 aliphatic rings. The quantitative estimate of drug-likeness (QED) is 0.764. The van der Waals surface area contributed by atoms with E-state index in [1.165, 1.54) is 6.26 Å². The molecule has 2 heterocycles. The molecule has 4 nitrogen and oxygen atoms in total.